The van der Waals surface area contributed by atoms with E-state index in [0.717, 1.165) is 42.9 Å². The number of nitrogens with one attached hydrogen (secondary N) is 1. The largest absolute Gasteiger partial charge is 0.378 e. The third kappa shape index (κ3) is 3.01. The summed E-state index contributed by atoms with van der Waals surface area (Å²) >= 11 is 0. The standard InChI is InChI=1S/C20H25N5O/c1-23-12-9-16(10-13-23)24(2)20(26)25-18-8-4-3-6-15(18)14-22-17-7-5-11-21-19(17)25/h3-8,11,16,22H,9-10,12-14H2,1-2H3. The molecule has 0 atom stereocenters. The summed E-state index contributed by atoms with van der Waals surface area (Å²) in [6.45, 7) is 2.72. The highest BCUT2D eigenvalue weighted by molar-refractivity contribution is 6.02. The number of hydrogen-bond donors (Lipinski definition) is 1. The molecule has 26 heavy (non-hydrogen) atoms. The van der Waals surface area contributed by atoms with Gasteiger partial charge in [-0.25, -0.2) is 14.7 Å². The third-order valence-corrected chi connectivity index (χ3v) is 5.43. The predicted octanol–water partition coefficient (Wildman–Crippen LogP) is 3.29. The molecule has 4 rings (SSSR count). The van der Waals surface area contributed by atoms with Crippen molar-refractivity contribution in [2.75, 3.05) is 37.4 Å². The zero-order valence-electron chi connectivity index (χ0n) is 15.4. The van der Waals surface area contributed by atoms with Gasteiger partial charge in [0.05, 0.1) is 11.4 Å². The number of rotatable bonds is 1. The second-order valence-electron chi connectivity index (χ2n) is 7.12. The molecule has 6 heteroatoms. The molecule has 1 saturated heterocycles. The third-order valence-electron chi connectivity index (χ3n) is 5.43. The molecule has 1 N–H and O–H groups in total. The SMILES string of the molecule is CN1CCC(N(C)C(=O)N2c3ccccc3CNc3cccnc32)CC1. The van der Waals surface area contributed by atoms with Gasteiger partial charge in [-0.1, -0.05) is 18.2 Å². The Hall–Kier alpha value is -2.60. The van der Waals surface area contributed by atoms with Crippen molar-refractivity contribution >= 4 is 23.2 Å². The summed E-state index contributed by atoms with van der Waals surface area (Å²) in [4.78, 5) is 24.0. The summed E-state index contributed by atoms with van der Waals surface area (Å²) in [5.41, 5.74) is 2.88. The maximum atomic E-state index is 13.5. The molecule has 1 aromatic heterocycles. The Balaban J connectivity index is 1.71. The number of benzene rings is 1. The number of amides is 2. The Kier molecular flexibility index (Phi) is 4.51. The van der Waals surface area contributed by atoms with E-state index in [4.69, 9.17) is 0 Å². The number of carbonyl (C=O) groups is 1. The van der Waals surface area contributed by atoms with Crippen molar-refractivity contribution in [2.45, 2.75) is 25.4 Å². The van der Waals surface area contributed by atoms with Crippen LogP contribution in [0.25, 0.3) is 0 Å². The van der Waals surface area contributed by atoms with Crippen LogP contribution in [0, 0.1) is 0 Å². The van der Waals surface area contributed by atoms with Gasteiger partial charge in [0, 0.05) is 25.8 Å². The summed E-state index contributed by atoms with van der Waals surface area (Å²) in [5.74, 6) is 0.669. The van der Waals surface area contributed by atoms with Crippen molar-refractivity contribution in [3.63, 3.8) is 0 Å². The van der Waals surface area contributed by atoms with E-state index in [1.54, 1.807) is 11.1 Å². The number of likely N-dealkylation sites (tertiary alicyclic amines) is 1. The van der Waals surface area contributed by atoms with E-state index in [-0.39, 0.29) is 12.1 Å². The van der Waals surface area contributed by atoms with Gasteiger partial charge in [0.25, 0.3) is 0 Å². The lowest BCUT2D eigenvalue weighted by atomic mass is 10.0. The molecule has 2 aliphatic rings. The molecular weight excluding hydrogens is 326 g/mol. The second-order valence-corrected chi connectivity index (χ2v) is 7.12. The highest BCUT2D eigenvalue weighted by Gasteiger charge is 2.32. The first-order chi connectivity index (χ1) is 12.6. The van der Waals surface area contributed by atoms with Crippen molar-refractivity contribution < 1.29 is 4.79 Å². The van der Waals surface area contributed by atoms with Gasteiger partial charge in [-0.15, -0.1) is 0 Å². The first-order valence-electron chi connectivity index (χ1n) is 9.17. The molecule has 2 aliphatic heterocycles. The van der Waals surface area contributed by atoms with Crippen LogP contribution in [-0.2, 0) is 6.54 Å². The van der Waals surface area contributed by atoms with Gasteiger partial charge in [0.1, 0.15) is 0 Å². The summed E-state index contributed by atoms with van der Waals surface area (Å²) < 4.78 is 0. The number of piperidine rings is 1. The predicted molar refractivity (Wildman–Crippen MR) is 104 cm³/mol. The fraction of sp³-hybridized carbons (Fsp3) is 0.400. The van der Waals surface area contributed by atoms with E-state index in [2.05, 4.69) is 28.3 Å². The summed E-state index contributed by atoms with van der Waals surface area (Å²) in [6.07, 6.45) is 3.74. The second kappa shape index (κ2) is 6.96. The van der Waals surface area contributed by atoms with Crippen LogP contribution in [0.2, 0.25) is 0 Å². The van der Waals surface area contributed by atoms with Crippen LogP contribution in [0.1, 0.15) is 18.4 Å². The number of para-hydroxylation sites is 1. The zero-order valence-corrected chi connectivity index (χ0v) is 15.4. The summed E-state index contributed by atoms with van der Waals surface area (Å²) in [6, 6.07) is 12.2. The molecule has 0 aliphatic carbocycles. The molecule has 0 bridgehead atoms. The molecule has 2 aromatic rings. The van der Waals surface area contributed by atoms with Gasteiger partial charge < -0.3 is 15.1 Å². The Morgan fingerprint density at radius 1 is 1.19 bits per heavy atom. The van der Waals surface area contributed by atoms with E-state index < -0.39 is 0 Å². The Labute approximate surface area is 154 Å². The highest BCUT2D eigenvalue weighted by Crippen LogP contribution is 2.37. The van der Waals surface area contributed by atoms with E-state index in [1.165, 1.54) is 0 Å². The molecule has 0 spiro atoms. The fourth-order valence-electron chi connectivity index (χ4n) is 3.79. The van der Waals surface area contributed by atoms with Crippen molar-refractivity contribution in [3.8, 4) is 0 Å². The molecular formula is C20H25N5O. The quantitative estimate of drug-likeness (QED) is 0.857. The zero-order chi connectivity index (χ0) is 18.1. The first kappa shape index (κ1) is 16.8. The lowest BCUT2D eigenvalue weighted by molar-refractivity contribution is 0.153. The van der Waals surface area contributed by atoms with E-state index >= 15 is 0 Å². The maximum Gasteiger partial charge on any atom is 0.330 e. The average molecular weight is 351 g/mol. The van der Waals surface area contributed by atoms with Crippen molar-refractivity contribution in [3.05, 3.63) is 48.2 Å². The van der Waals surface area contributed by atoms with Crippen LogP contribution in [0.5, 0.6) is 0 Å². The lowest BCUT2D eigenvalue weighted by Gasteiger charge is -2.37. The van der Waals surface area contributed by atoms with Crippen LogP contribution in [0.15, 0.2) is 42.6 Å². The minimum Gasteiger partial charge on any atom is -0.378 e. The normalized spacial score (nSPS) is 17.7. The molecule has 0 radical (unpaired) electrons. The van der Waals surface area contributed by atoms with Crippen LogP contribution >= 0.6 is 0 Å². The minimum atomic E-state index is -0.0179. The number of urea groups is 1. The molecule has 2 amide bonds. The van der Waals surface area contributed by atoms with E-state index in [9.17, 15) is 4.79 Å². The van der Waals surface area contributed by atoms with Gasteiger partial charge in [0.15, 0.2) is 5.82 Å². The van der Waals surface area contributed by atoms with Crippen molar-refractivity contribution in [1.29, 1.82) is 0 Å². The van der Waals surface area contributed by atoms with Gasteiger partial charge in [-0.05, 0) is 56.7 Å². The number of nitrogens with zero attached hydrogens (tertiary/aromatic N) is 4. The Bertz CT molecular complexity index is 753. The highest BCUT2D eigenvalue weighted by atomic mass is 16.2. The molecule has 0 saturated carbocycles. The molecule has 3 heterocycles. The Morgan fingerprint density at radius 2 is 1.96 bits per heavy atom. The molecule has 0 unspecified atom stereocenters. The maximum absolute atomic E-state index is 13.5. The van der Waals surface area contributed by atoms with Gasteiger partial charge in [0.2, 0.25) is 0 Å². The average Bonchev–Trinajstić information content (AvgIpc) is 2.84. The van der Waals surface area contributed by atoms with E-state index in [1.807, 2.05) is 42.3 Å². The fourth-order valence-corrected chi connectivity index (χ4v) is 3.79. The molecule has 1 aromatic carbocycles. The molecule has 6 nitrogen and oxygen atoms in total. The summed E-state index contributed by atoms with van der Waals surface area (Å²) in [5, 5.41) is 3.41. The lowest BCUT2D eigenvalue weighted by Crippen LogP contribution is -2.48. The number of anilines is 3. The number of hydrogen-bond acceptors (Lipinski definition) is 4. The Morgan fingerprint density at radius 3 is 2.77 bits per heavy atom. The van der Waals surface area contributed by atoms with Crippen LogP contribution in [0.3, 0.4) is 0 Å². The first-order valence-corrected chi connectivity index (χ1v) is 9.17. The van der Waals surface area contributed by atoms with Gasteiger partial charge >= 0.3 is 6.03 Å². The van der Waals surface area contributed by atoms with Crippen LogP contribution in [-0.4, -0.2) is 54.0 Å². The van der Waals surface area contributed by atoms with E-state index in [0.29, 0.717) is 12.4 Å². The molecule has 136 valence electrons. The number of pyridine rings is 1. The molecule has 1 fully saturated rings. The monoisotopic (exact) mass is 351 g/mol. The number of aromatic nitrogens is 1. The van der Waals surface area contributed by atoms with Gasteiger partial charge in [-0.3, -0.25) is 0 Å². The smallest absolute Gasteiger partial charge is 0.330 e. The number of carbonyl (C=O) groups excluding carboxylic acids is 1. The van der Waals surface area contributed by atoms with Gasteiger partial charge in [-0.2, -0.15) is 0 Å². The topological polar surface area (TPSA) is 51.7 Å². The number of fused-ring (bicyclic) bond motifs is 2. The van der Waals surface area contributed by atoms with Crippen LogP contribution in [0.4, 0.5) is 22.0 Å². The van der Waals surface area contributed by atoms with Crippen molar-refractivity contribution in [2.24, 2.45) is 0 Å². The minimum absolute atomic E-state index is 0.0179. The van der Waals surface area contributed by atoms with Crippen molar-refractivity contribution in [1.82, 2.24) is 14.8 Å². The summed E-state index contributed by atoms with van der Waals surface area (Å²) in [7, 11) is 4.05. The van der Waals surface area contributed by atoms with Crippen LogP contribution < -0.4 is 10.2 Å².